The lowest BCUT2D eigenvalue weighted by Crippen LogP contribution is -1.74. The van der Waals surface area contributed by atoms with E-state index in [0.29, 0.717) is 0 Å². The highest BCUT2D eigenvalue weighted by molar-refractivity contribution is 8.03. The van der Waals surface area contributed by atoms with E-state index >= 15 is 0 Å². The van der Waals surface area contributed by atoms with Gasteiger partial charge in [0, 0.05) is 14.7 Å². The molecule has 1 aromatic carbocycles. The molecule has 0 N–H and O–H groups in total. The smallest absolute Gasteiger partial charge is 0.0123 e. The lowest BCUT2D eigenvalue weighted by Gasteiger charge is -2.02. The zero-order valence-corrected chi connectivity index (χ0v) is 15.7. The number of hydrogen-bond acceptors (Lipinski definition) is 3. The summed E-state index contributed by atoms with van der Waals surface area (Å²) in [6.45, 7) is 13.7. The first-order valence-electron chi connectivity index (χ1n) is 6.81. The molecule has 0 saturated carbocycles. The molecule has 1 aromatic rings. The van der Waals surface area contributed by atoms with E-state index in [9.17, 15) is 0 Å². The minimum Gasteiger partial charge on any atom is -0.144 e. The molecule has 3 heteroatoms. The number of thiol groups is 2. The van der Waals surface area contributed by atoms with Gasteiger partial charge in [-0.25, -0.2) is 0 Å². The molecule has 0 aliphatic heterocycles. The predicted octanol–water partition coefficient (Wildman–Crippen LogP) is 7.02. The van der Waals surface area contributed by atoms with Gasteiger partial charge in [-0.1, -0.05) is 52.1 Å². The maximum Gasteiger partial charge on any atom is 0.0123 e. The summed E-state index contributed by atoms with van der Waals surface area (Å²) in [5, 5.41) is 0. The van der Waals surface area contributed by atoms with Crippen LogP contribution in [0.2, 0.25) is 0 Å². The van der Waals surface area contributed by atoms with Gasteiger partial charge in [0.25, 0.3) is 0 Å². The summed E-state index contributed by atoms with van der Waals surface area (Å²) in [6.07, 6.45) is 5.96. The molecular formula is C17H26S3. The van der Waals surface area contributed by atoms with Crippen LogP contribution in [-0.4, -0.2) is 0 Å². The monoisotopic (exact) mass is 326 g/mol. The van der Waals surface area contributed by atoms with E-state index < -0.39 is 0 Å². The van der Waals surface area contributed by atoms with Crippen LogP contribution < -0.4 is 0 Å². The molecule has 0 amide bonds. The molecule has 0 radical (unpaired) electrons. The molecule has 0 bridgehead atoms. The van der Waals surface area contributed by atoms with Gasteiger partial charge in [-0.3, -0.25) is 0 Å². The van der Waals surface area contributed by atoms with Crippen LogP contribution in [0.25, 0.3) is 0 Å². The van der Waals surface area contributed by atoms with Gasteiger partial charge in [0.2, 0.25) is 0 Å². The molecule has 0 atom stereocenters. The standard InChI is InChI=1S/C13H14S3.2C2H6/c1-3-12(7-4-10(2)14)16-13-8-5-11(15)6-9-13;2*1-2/h3-9,14-15H,2H2,1H3;2*1-2H3/b7-4-,12-3+;;. The number of allylic oxidation sites excluding steroid dienone is 3. The summed E-state index contributed by atoms with van der Waals surface area (Å²) >= 11 is 10.1. The largest absolute Gasteiger partial charge is 0.144 e. The van der Waals surface area contributed by atoms with Crippen molar-refractivity contribution in [3.05, 3.63) is 58.9 Å². The van der Waals surface area contributed by atoms with Crippen molar-refractivity contribution in [1.29, 1.82) is 0 Å². The lowest BCUT2D eigenvalue weighted by molar-refractivity contribution is 1.36. The van der Waals surface area contributed by atoms with Gasteiger partial charge in [0.05, 0.1) is 0 Å². The minimum atomic E-state index is 0.755. The summed E-state index contributed by atoms with van der Waals surface area (Å²) in [6, 6.07) is 8.08. The summed E-state index contributed by atoms with van der Waals surface area (Å²) in [7, 11) is 0. The molecule has 0 nitrogen and oxygen atoms in total. The van der Waals surface area contributed by atoms with Crippen LogP contribution in [0.4, 0.5) is 0 Å². The average molecular weight is 327 g/mol. The molecule has 0 aromatic heterocycles. The number of rotatable bonds is 4. The molecule has 0 spiro atoms. The lowest BCUT2D eigenvalue weighted by atomic mass is 10.4. The van der Waals surface area contributed by atoms with Crippen LogP contribution in [0.5, 0.6) is 0 Å². The van der Waals surface area contributed by atoms with E-state index in [2.05, 4.69) is 50.0 Å². The van der Waals surface area contributed by atoms with Gasteiger partial charge >= 0.3 is 0 Å². The van der Waals surface area contributed by atoms with Crippen molar-refractivity contribution in [3.63, 3.8) is 0 Å². The van der Waals surface area contributed by atoms with Gasteiger partial charge in [0.15, 0.2) is 0 Å². The average Bonchev–Trinajstić information content (AvgIpc) is 2.49. The molecule has 1 rings (SSSR count). The molecule has 0 heterocycles. The first-order valence-corrected chi connectivity index (χ1v) is 8.52. The van der Waals surface area contributed by atoms with Gasteiger partial charge in [-0.15, -0.1) is 25.3 Å². The number of benzene rings is 1. The molecular weight excluding hydrogens is 300 g/mol. The second-order valence-electron chi connectivity index (χ2n) is 3.11. The Hall–Kier alpha value is -0.510. The Morgan fingerprint density at radius 3 is 1.95 bits per heavy atom. The van der Waals surface area contributed by atoms with Gasteiger partial charge in [-0.2, -0.15) is 0 Å². The molecule has 0 fully saturated rings. The van der Waals surface area contributed by atoms with E-state index in [-0.39, 0.29) is 0 Å². The van der Waals surface area contributed by atoms with Crippen molar-refractivity contribution in [1.82, 2.24) is 0 Å². The Morgan fingerprint density at radius 1 is 1.05 bits per heavy atom. The van der Waals surface area contributed by atoms with Crippen LogP contribution in [-0.2, 0) is 0 Å². The van der Waals surface area contributed by atoms with Crippen LogP contribution in [0.3, 0.4) is 0 Å². The topological polar surface area (TPSA) is 0 Å². The Balaban J connectivity index is 0. The molecule has 0 aliphatic carbocycles. The fourth-order valence-corrected chi connectivity index (χ4v) is 2.04. The normalized spacial score (nSPS) is 10.2. The van der Waals surface area contributed by atoms with Gasteiger partial charge in [-0.05, 0) is 48.2 Å². The Kier molecular flexibility index (Phi) is 16.2. The molecule has 0 saturated heterocycles. The maximum atomic E-state index is 4.25. The highest BCUT2D eigenvalue weighted by Gasteiger charge is 1.96. The predicted molar refractivity (Wildman–Crippen MR) is 103 cm³/mol. The summed E-state index contributed by atoms with van der Waals surface area (Å²) in [5.41, 5.74) is 0. The summed E-state index contributed by atoms with van der Waals surface area (Å²) < 4.78 is 0. The van der Waals surface area contributed by atoms with Crippen molar-refractivity contribution in [3.8, 4) is 0 Å². The highest BCUT2D eigenvalue weighted by Crippen LogP contribution is 2.28. The van der Waals surface area contributed by atoms with Gasteiger partial charge < -0.3 is 0 Å². The van der Waals surface area contributed by atoms with E-state index in [0.717, 1.165) is 9.80 Å². The first kappa shape index (κ1) is 21.8. The Bertz CT molecular complexity index is 414. The van der Waals surface area contributed by atoms with E-state index in [1.54, 1.807) is 11.8 Å². The first-order chi connectivity index (χ1) is 9.61. The fourth-order valence-electron chi connectivity index (χ4n) is 1.02. The van der Waals surface area contributed by atoms with E-state index in [1.807, 2.05) is 58.9 Å². The van der Waals surface area contributed by atoms with Crippen molar-refractivity contribution in [2.24, 2.45) is 0 Å². The molecule has 0 unspecified atom stereocenters. The number of hydrogen-bond donors (Lipinski definition) is 2. The molecule has 112 valence electrons. The third-order valence-corrected chi connectivity index (χ3v) is 3.36. The Morgan fingerprint density at radius 2 is 1.55 bits per heavy atom. The fraction of sp³-hybridized carbons (Fsp3) is 0.294. The number of thioether (sulfide) groups is 1. The zero-order chi connectivity index (χ0) is 16.0. The minimum absolute atomic E-state index is 0.755. The second-order valence-corrected chi connectivity index (χ2v) is 5.35. The van der Waals surface area contributed by atoms with Crippen molar-refractivity contribution in [2.75, 3.05) is 0 Å². The van der Waals surface area contributed by atoms with E-state index in [1.165, 1.54) is 9.80 Å². The van der Waals surface area contributed by atoms with Gasteiger partial charge in [0.1, 0.15) is 0 Å². The third kappa shape index (κ3) is 11.3. The summed E-state index contributed by atoms with van der Waals surface area (Å²) in [5.74, 6) is 0. The maximum absolute atomic E-state index is 4.25. The zero-order valence-electron chi connectivity index (χ0n) is 13.1. The van der Waals surface area contributed by atoms with Crippen LogP contribution >= 0.6 is 37.0 Å². The second kappa shape index (κ2) is 14.9. The van der Waals surface area contributed by atoms with Crippen molar-refractivity contribution >= 4 is 37.0 Å². The quantitative estimate of drug-likeness (QED) is 0.340. The third-order valence-electron chi connectivity index (χ3n) is 1.80. The van der Waals surface area contributed by atoms with Crippen molar-refractivity contribution in [2.45, 2.75) is 44.4 Å². The van der Waals surface area contributed by atoms with E-state index in [4.69, 9.17) is 0 Å². The Labute approximate surface area is 140 Å². The highest BCUT2D eigenvalue weighted by atomic mass is 32.2. The van der Waals surface area contributed by atoms with Crippen LogP contribution in [0.1, 0.15) is 34.6 Å². The molecule has 20 heavy (non-hydrogen) atoms. The SMILES string of the molecule is C=C(S)/C=C\C(=C/C)Sc1ccc(S)cc1.CC.CC. The molecule has 0 aliphatic rings. The van der Waals surface area contributed by atoms with Crippen molar-refractivity contribution < 1.29 is 0 Å². The van der Waals surface area contributed by atoms with Crippen LogP contribution in [0, 0.1) is 0 Å². The summed E-state index contributed by atoms with van der Waals surface area (Å²) in [4.78, 5) is 4.10. The van der Waals surface area contributed by atoms with Crippen LogP contribution in [0.15, 0.2) is 68.7 Å².